The van der Waals surface area contributed by atoms with Gasteiger partial charge in [-0.15, -0.1) is 11.3 Å². The topological polar surface area (TPSA) is 89.0 Å². The van der Waals surface area contributed by atoms with Crippen LogP contribution in [0.2, 0.25) is 0 Å². The standard InChI is InChI=1S/C27H27N5O2S.C2H6/c1-2-3-7-24-32-23(17-35-24)27(33)31-20-6-4-5-18(14-20)15-29-26-21-10-13-34-25(21)22(16-30-26)19-8-11-28-12-9-19;1-2/h4-6,8-9,11-12,14,16-17H,2-3,7,10,13,15H2,1H3,(H,29,30)(H,31,33);1-2H3. The van der Waals surface area contributed by atoms with Gasteiger partial charge in [-0.2, -0.15) is 0 Å². The number of pyridine rings is 2. The van der Waals surface area contributed by atoms with Crippen LogP contribution in [0.5, 0.6) is 5.75 Å². The normalized spacial score (nSPS) is 11.6. The molecule has 2 N–H and O–H groups in total. The Hall–Kier alpha value is -3.78. The molecule has 0 atom stereocenters. The van der Waals surface area contributed by atoms with Crippen LogP contribution >= 0.6 is 11.3 Å². The maximum Gasteiger partial charge on any atom is 0.275 e. The molecule has 37 heavy (non-hydrogen) atoms. The second-order valence-electron chi connectivity index (χ2n) is 8.40. The van der Waals surface area contributed by atoms with E-state index in [9.17, 15) is 4.79 Å². The highest BCUT2D eigenvalue weighted by atomic mass is 32.1. The van der Waals surface area contributed by atoms with E-state index >= 15 is 0 Å². The summed E-state index contributed by atoms with van der Waals surface area (Å²) in [5.41, 5.74) is 5.36. The Morgan fingerprint density at radius 2 is 2.00 bits per heavy atom. The number of unbranched alkanes of at least 4 members (excludes halogenated alkanes) is 1. The fourth-order valence-electron chi connectivity index (χ4n) is 4.08. The van der Waals surface area contributed by atoms with E-state index in [-0.39, 0.29) is 5.91 Å². The van der Waals surface area contributed by atoms with Crippen molar-refractivity contribution in [1.29, 1.82) is 0 Å². The molecule has 7 nitrogen and oxygen atoms in total. The summed E-state index contributed by atoms with van der Waals surface area (Å²) in [6, 6.07) is 11.7. The number of benzene rings is 1. The van der Waals surface area contributed by atoms with Crippen LogP contribution in [0.4, 0.5) is 11.5 Å². The van der Waals surface area contributed by atoms with Gasteiger partial charge in [-0.1, -0.05) is 39.3 Å². The predicted octanol–water partition coefficient (Wildman–Crippen LogP) is 6.77. The molecule has 8 heteroatoms. The Kier molecular flexibility index (Phi) is 9.21. The molecular formula is C29H33N5O2S. The number of hydrogen-bond acceptors (Lipinski definition) is 7. The second kappa shape index (κ2) is 13.0. The minimum absolute atomic E-state index is 0.183. The molecular weight excluding hydrogens is 482 g/mol. The molecule has 4 heterocycles. The monoisotopic (exact) mass is 515 g/mol. The van der Waals surface area contributed by atoms with Gasteiger partial charge in [0.2, 0.25) is 0 Å². The molecule has 0 aliphatic carbocycles. The van der Waals surface area contributed by atoms with Crippen LogP contribution in [0.3, 0.4) is 0 Å². The molecule has 1 aromatic carbocycles. The van der Waals surface area contributed by atoms with Crippen molar-refractivity contribution in [2.75, 3.05) is 17.2 Å². The lowest BCUT2D eigenvalue weighted by atomic mass is 10.0. The number of rotatable bonds is 9. The summed E-state index contributed by atoms with van der Waals surface area (Å²) in [6.45, 7) is 7.37. The highest BCUT2D eigenvalue weighted by Gasteiger charge is 2.22. The van der Waals surface area contributed by atoms with Crippen LogP contribution in [0.25, 0.3) is 11.1 Å². The van der Waals surface area contributed by atoms with Crippen molar-refractivity contribution in [3.63, 3.8) is 0 Å². The highest BCUT2D eigenvalue weighted by Crippen LogP contribution is 2.39. The number of hydrogen-bond donors (Lipinski definition) is 2. The largest absolute Gasteiger partial charge is 0.492 e. The summed E-state index contributed by atoms with van der Waals surface area (Å²) in [4.78, 5) is 25.9. The zero-order chi connectivity index (χ0) is 26.0. The summed E-state index contributed by atoms with van der Waals surface area (Å²) < 4.78 is 5.95. The van der Waals surface area contributed by atoms with Gasteiger partial charge >= 0.3 is 0 Å². The first kappa shape index (κ1) is 26.3. The quantitative estimate of drug-likeness (QED) is 0.256. The molecule has 1 aliphatic heterocycles. The van der Waals surface area contributed by atoms with Crippen molar-refractivity contribution < 1.29 is 9.53 Å². The Morgan fingerprint density at radius 1 is 1.16 bits per heavy atom. The average Bonchev–Trinajstić information content (AvgIpc) is 3.63. The molecule has 0 spiro atoms. The summed E-state index contributed by atoms with van der Waals surface area (Å²) >= 11 is 1.54. The SMILES string of the molecule is CC.CCCCc1nc(C(=O)Nc2cccc(CNc3ncc(-c4ccncc4)c4c3CCO4)c2)cs1. The average molecular weight is 516 g/mol. The van der Waals surface area contributed by atoms with Gasteiger partial charge in [0.05, 0.1) is 11.6 Å². The molecule has 1 amide bonds. The first-order chi connectivity index (χ1) is 18.2. The number of anilines is 2. The van der Waals surface area contributed by atoms with Crippen molar-refractivity contribution in [1.82, 2.24) is 15.0 Å². The Labute approximate surface area is 222 Å². The number of carbonyl (C=O) groups is 1. The number of ether oxygens (including phenoxy) is 1. The number of fused-ring (bicyclic) bond motifs is 1. The van der Waals surface area contributed by atoms with Crippen LogP contribution in [0.15, 0.2) is 60.4 Å². The van der Waals surface area contributed by atoms with Gasteiger partial charge in [0.25, 0.3) is 5.91 Å². The van der Waals surface area contributed by atoms with Crippen LogP contribution in [-0.2, 0) is 19.4 Å². The fourth-order valence-corrected chi connectivity index (χ4v) is 4.90. The first-order valence-corrected chi connectivity index (χ1v) is 13.7. The van der Waals surface area contributed by atoms with E-state index in [2.05, 4.69) is 32.5 Å². The molecule has 0 radical (unpaired) electrons. The predicted molar refractivity (Wildman–Crippen MR) is 150 cm³/mol. The zero-order valence-corrected chi connectivity index (χ0v) is 22.4. The lowest BCUT2D eigenvalue weighted by Gasteiger charge is -2.13. The van der Waals surface area contributed by atoms with E-state index in [4.69, 9.17) is 4.74 Å². The lowest BCUT2D eigenvalue weighted by molar-refractivity contribution is 0.102. The van der Waals surface area contributed by atoms with Crippen LogP contribution < -0.4 is 15.4 Å². The number of nitrogens with zero attached hydrogens (tertiary/aromatic N) is 3. The van der Waals surface area contributed by atoms with Crippen LogP contribution in [0.1, 0.15) is 60.2 Å². The molecule has 0 bridgehead atoms. The van der Waals surface area contributed by atoms with Crippen molar-refractivity contribution in [2.45, 2.75) is 53.0 Å². The number of carbonyl (C=O) groups excluding carboxylic acids is 1. The fraction of sp³-hybridized carbons (Fsp3) is 0.310. The van der Waals surface area contributed by atoms with Gasteiger partial charge < -0.3 is 15.4 Å². The molecule has 3 aromatic heterocycles. The van der Waals surface area contributed by atoms with Gasteiger partial charge in [-0.25, -0.2) is 9.97 Å². The molecule has 0 unspecified atom stereocenters. The van der Waals surface area contributed by atoms with Gasteiger partial charge in [-0.05, 0) is 48.2 Å². The number of nitrogens with one attached hydrogen (secondary N) is 2. The Bertz CT molecular complexity index is 1320. The molecule has 0 saturated carbocycles. The minimum atomic E-state index is -0.183. The second-order valence-corrected chi connectivity index (χ2v) is 9.34. The van der Waals surface area contributed by atoms with Crippen LogP contribution in [0, 0.1) is 0 Å². The van der Waals surface area contributed by atoms with Gasteiger partial charge in [-0.3, -0.25) is 9.78 Å². The van der Waals surface area contributed by atoms with Crippen molar-refractivity contribution in [3.05, 3.63) is 82.2 Å². The Morgan fingerprint density at radius 3 is 2.81 bits per heavy atom. The molecule has 1 aliphatic rings. The number of thiazole rings is 1. The van der Waals surface area contributed by atoms with Crippen molar-refractivity contribution in [3.8, 4) is 16.9 Å². The number of amides is 1. The maximum atomic E-state index is 12.7. The van der Waals surface area contributed by atoms with Crippen molar-refractivity contribution >= 4 is 28.7 Å². The maximum absolute atomic E-state index is 12.7. The molecule has 4 aromatic rings. The highest BCUT2D eigenvalue weighted by molar-refractivity contribution is 7.09. The zero-order valence-electron chi connectivity index (χ0n) is 21.6. The number of aromatic nitrogens is 3. The minimum Gasteiger partial charge on any atom is -0.492 e. The summed E-state index contributed by atoms with van der Waals surface area (Å²) in [5.74, 6) is 1.53. The molecule has 192 valence electrons. The van der Waals surface area contributed by atoms with Crippen molar-refractivity contribution in [2.24, 2.45) is 0 Å². The first-order valence-electron chi connectivity index (χ1n) is 12.8. The van der Waals surface area contributed by atoms with E-state index in [1.54, 1.807) is 23.7 Å². The molecule has 0 fully saturated rings. The van der Waals surface area contributed by atoms with E-state index in [1.165, 1.54) is 0 Å². The van der Waals surface area contributed by atoms with Gasteiger partial charge in [0.15, 0.2) is 0 Å². The van der Waals surface area contributed by atoms with E-state index < -0.39 is 0 Å². The van der Waals surface area contributed by atoms with E-state index in [1.807, 2.05) is 61.8 Å². The van der Waals surface area contributed by atoms with Gasteiger partial charge in [0.1, 0.15) is 17.3 Å². The lowest BCUT2D eigenvalue weighted by Crippen LogP contribution is -2.13. The smallest absolute Gasteiger partial charge is 0.275 e. The number of aryl methyl sites for hydroxylation is 1. The summed E-state index contributed by atoms with van der Waals surface area (Å²) in [7, 11) is 0. The van der Waals surface area contributed by atoms with Gasteiger partial charge in [0, 0.05) is 53.8 Å². The van der Waals surface area contributed by atoms with E-state index in [0.717, 1.165) is 70.2 Å². The third-order valence-corrected chi connectivity index (χ3v) is 6.80. The third-order valence-electron chi connectivity index (χ3n) is 5.89. The molecule has 5 rings (SSSR count). The third kappa shape index (κ3) is 6.51. The van der Waals surface area contributed by atoms with E-state index in [0.29, 0.717) is 18.8 Å². The Balaban J connectivity index is 0.00000156. The summed E-state index contributed by atoms with van der Waals surface area (Å²) in [6.07, 6.45) is 9.32. The van der Waals surface area contributed by atoms with Crippen LogP contribution in [-0.4, -0.2) is 27.5 Å². The summed E-state index contributed by atoms with van der Waals surface area (Å²) in [5, 5.41) is 9.26. The molecule has 0 saturated heterocycles.